The fraction of sp³-hybridized carbons (Fsp3) is 0.250. The second kappa shape index (κ2) is 9.49. The van der Waals surface area contributed by atoms with Crippen LogP contribution in [0.4, 0.5) is 5.95 Å². The third kappa shape index (κ3) is 4.07. The van der Waals surface area contributed by atoms with Gasteiger partial charge in [0.25, 0.3) is 0 Å². The lowest BCUT2D eigenvalue weighted by atomic mass is 9.75. The average Bonchev–Trinajstić information content (AvgIpc) is 3.58. The molecule has 0 radical (unpaired) electrons. The molecule has 188 valence electrons. The van der Waals surface area contributed by atoms with Crippen LogP contribution in [0.2, 0.25) is 10.0 Å². The highest BCUT2D eigenvalue weighted by Gasteiger charge is 2.49. The van der Waals surface area contributed by atoms with Gasteiger partial charge in [0.1, 0.15) is 0 Å². The molecule has 0 bridgehead atoms. The van der Waals surface area contributed by atoms with Crippen molar-refractivity contribution in [1.82, 2.24) is 14.3 Å². The molecule has 0 saturated heterocycles. The molecule has 0 unspecified atom stereocenters. The molecule has 1 spiro atoms. The minimum Gasteiger partial charge on any atom is -0.383 e. The van der Waals surface area contributed by atoms with Crippen LogP contribution in [0.5, 0.6) is 0 Å². The number of rotatable bonds is 6. The molecule has 2 aliphatic rings. The van der Waals surface area contributed by atoms with Gasteiger partial charge < -0.3 is 4.74 Å². The van der Waals surface area contributed by atoms with Gasteiger partial charge in [0.15, 0.2) is 0 Å². The maximum atomic E-state index is 13.5. The number of fused-ring (bicyclic) bond motifs is 2. The van der Waals surface area contributed by atoms with E-state index in [1.807, 2.05) is 29.3 Å². The van der Waals surface area contributed by atoms with Crippen molar-refractivity contribution in [2.45, 2.75) is 24.8 Å². The zero-order valence-corrected chi connectivity index (χ0v) is 21.8. The largest absolute Gasteiger partial charge is 0.383 e. The first-order valence-corrected chi connectivity index (χ1v) is 12.9. The quantitative estimate of drug-likeness (QED) is 0.346. The molecular weight excluding hydrogens is 509 g/mol. The molecule has 0 amide bonds. The van der Waals surface area contributed by atoms with Gasteiger partial charge in [-0.2, -0.15) is 9.78 Å². The van der Waals surface area contributed by atoms with Crippen molar-refractivity contribution in [1.29, 1.82) is 0 Å². The van der Waals surface area contributed by atoms with Crippen molar-refractivity contribution in [2.75, 3.05) is 25.3 Å². The van der Waals surface area contributed by atoms with Gasteiger partial charge >= 0.3 is 5.69 Å². The van der Waals surface area contributed by atoms with Crippen molar-refractivity contribution in [3.8, 4) is 5.69 Å². The third-order valence-corrected chi connectivity index (χ3v) is 7.73. The normalized spacial score (nSPS) is 18.5. The van der Waals surface area contributed by atoms with Crippen LogP contribution < -0.4 is 10.7 Å². The van der Waals surface area contributed by atoms with E-state index in [9.17, 15) is 4.79 Å². The molecule has 1 aliphatic carbocycles. The Hall–Kier alpha value is -3.39. The molecular formula is C28H25Cl2N5O2. The number of anilines is 1. The lowest BCUT2D eigenvalue weighted by Crippen LogP contribution is -2.37. The highest BCUT2D eigenvalue weighted by molar-refractivity contribution is 6.31. The Bertz CT molecular complexity index is 1540. The number of aryl methyl sites for hydroxylation is 1. The second-order valence-electron chi connectivity index (χ2n) is 9.37. The molecule has 0 N–H and O–H groups in total. The third-order valence-electron chi connectivity index (χ3n) is 7.23. The van der Waals surface area contributed by atoms with Crippen molar-refractivity contribution >= 4 is 34.9 Å². The molecule has 9 heteroatoms. The number of aromatic nitrogens is 3. The molecule has 0 fully saturated rings. The minimum atomic E-state index is -0.323. The SMILES string of the molecule is COCCn1c(N2C[C@]3(CCc4ccccc43)C(c3ccc(Cl)cc3)=N2)nn(-c2ccc(Cl)cc2)c1=O. The highest BCUT2D eigenvalue weighted by atomic mass is 35.5. The molecule has 0 saturated carbocycles. The Morgan fingerprint density at radius 3 is 2.41 bits per heavy atom. The molecule has 1 aliphatic heterocycles. The number of hydrogen-bond donors (Lipinski definition) is 0. The van der Waals surface area contributed by atoms with Gasteiger partial charge in [0.2, 0.25) is 5.95 Å². The summed E-state index contributed by atoms with van der Waals surface area (Å²) in [7, 11) is 1.62. The van der Waals surface area contributed by atoms with Crippen LogP contribution in [0.15, 0.2) is 82.7 Å². The van der Waals surface area contributed by atoms with Crippen LogP contribution in [-0.4, -0.2) is 40.3 Å². The zero-order valence-electron chi connectivity index (χ0n) is 20.3. The summed E-state index contributed by atoms with van der Waals surface area (Å²) in [5.41, 5.74) is 4.62. The molecule has 1 atom stereocenters. The van der Waals surface area contributed by atoms with E-state index in [-0.39, 0.29) is 11.1 Å². The van der Waals surface area contributed by atoms with Crippen molar-refractivity contribution < 1.29 is 4.74 Å². The maximum Gasteiger partial charge on any atom is 0.352 e. The van der Waals surface area contributed by atoms with E-state index in [2.05, 4.69) is 24.3 Å². The molecule has 6 rings (SSSR count). The van der Waals surface area contributed by atoms with E-state index in [0.29, 0.717) is 41.4 Å². The topological polar surface area (TPSA) is 64.7 Å². The smallest absolute Gasteiger partial charge is 0.352 e. The Labute approximate surface area is 224 Å². The van der Waals surface area contributed by atoms with Gasteiger partial charge in [-0.1, -0.05) is 59.6 Å². The van der Waals surface area contributed by atoms with Crippen LogP contribution in [0, 0.1) is 0 Å². The average molecular weight is 534 g/mol. The highest BCUT2D eigenvalue weighted by Crippen LogP contribution is 2.46. The summed E-state index contributed by atoms with van der Waals surface area (Å²) >= 11 is 12.3. The van der Waals surface area contributed by atoms with Gasteiger partial charge in [0.05, 0.1) is 36.5 Å². The Kier molecular flexibility index (Phi) is 6.15. The first kappa shape index (κ1) is 24.0. The van der Waals surface area contributed by atoms with Gasteiger partial charge in [-0.25, -0.2) is 9.80 Å². The molecule has 3 aromatic carbocycles. The van der Waals surface area contributed by atoms with E-state index in [0.717, 1.165) is 24.1 Å². The molecule has 1 aromatic heterocycles. The maximum absolute atomic E-state index is 13.5. The summed E-state index contributed by atoms with van der Waals surface area (Å²) < 4.78 is 8.33. The first-order chi connectivity index (χ1) is 18.0. The van der Waals surface area contributed by atoms with Crippen LogP contribution >= 0.6 is 23.2 Å². The Morgan fingerprint density at radius 1 is 0.973 bits per heavy atom. The summed E-state index contributed by atoms with van der Waals surface area (Å²) in [6.45, 7) is 1.30. The Balaban J connectivity index is 1.50. The predicted molar refractivity (Wildman–Crippen MR) is 146 cm³/mol. The monoisotopic (exact) mass is 533 g/mol. The summed E-state index contributed by atoms with van der Waals surface area (Å²) in [5.74, 6) is 0.477. The number of nitrogens with zero attached hydrogens (tertiary/aromatic N) is 5. The predicted octanol–water partition coefficient (Wildman–Crippen LogP) is 5.10. The van der Waals surface area contributed by atoms with Crippen molar-refractivity contribution in [3.63, 3.8) is 0 Å². The fourth-order valence-electron chi connectivity index (χ4n) is 5.44. The molecule has 2 heterocycles. The second-order valence-corrected chi connectivity index (χ2v) is 10.2. The lowest BCUT2D eigenvalue weighted by Gasteiger charge is -2.27. The number of hydrazone groups is 1. The van der Waals surface area contributed by atoms with Crippen molar-refractivity contribution in [3.05, 3.63) is 110 Å². The number of ether oxygens (including phenoxy) is 1. The first-order valence-electron chi connectivity index (χ1n) is 12.2. The summed E-state index contributed by atoms with van der Waals surface area (Å²) in [6, 6.07) is 23.4. The van der Waals surface area contributed by atoms with Gasteiger partial charge in [-0.3, -0.25) is 4.57 Å². The van der Waals surface area contributed by atoms with Crippen LogP contribution in [0.1, 0.15) is 23.1 Å². The van der Waals surface area contributed by atoms with Crippen LogP contribution in [0.25, 0.3) is 5.69 Å². The minimum absolute atomic E-state index is 0.259. The molecule has 4 aromatic rings. The number of halogens is 2. The Morgan fingerprint density at radius 2 is 1.68 bits per heavy atom. The van der Waals surface area contributed by atoms with E-state index in [1.54, 1.807) is 35.9 Å². The summed E-state index contributed by atoms with van der Waals surface area (Å²) in [4.78, 5) is 13.5. The zero-order chi connectivity index (χ0) is 25.6. The van der Waals surface area contributed by atoms with Gasteiger partial charge in [-0.05, 0) is 65.9 Å². The standard InChI is InChI=1S/C28H25Cl2N5O2/c1-37-17-16-33-26(32-35(27(33)36)23-12-10-22(30)11-13-23)34-18-28(15-14-19-4-2-3-5-24(19)28)25(31-34)20-6-8-21(29)9-7-20/h2-13H,14-18H2,1H3/t28-/m0/s1. The summed E-state index contributed by atoms with van der Waals surface area (Å²) in [6.07, 6.45) is 1.89. The van der Waals surface area contributed by atoms with Gasteiger partial charge in [-0.15, -0.1) is 5.10 Å². The van der Waals surface area contributed by atoms with Crippen LogP contribution in [0.3, 0.4) is 0 Å². The number of methoxy groups -OCH3 is 1. The van der Waals surface area contributed by atoms with E-state index < -0.39 is 0 Å². The van der Waals surface area contributed by atoms with Gasteiger partial charge in [0, 0.05) is 17.2 Å². The van der Waals surface area contributed by atoms with E-state index in [1.165, 1.54) is 15.8 Å². The van der Waals surface area contributed by atoms with Crippen molar-refractivity contribution in [2.24, 2.45) is 5.10 Å². The number of hydrogen-bond acceptors (Lipinski definition) is 5. The van der Waals surface area contributed by atoms with E-state index in [4.69, 9.17) is 38.1 Å². The number of benzene rings is 3. The fourth-order valence-corrected chi connectivity index (χ4v) is 5.70. The van der Waals surface area contributed by atoms with Crippen LogP contribution in [-0.2, 0) is 23.1 Å². The summed E-state index contributed by atoms with van der Waals surface area (Å²) in [5, 5.41) is 13.0. The molecule has 37 heavy (non-hydrogen) atoms. The molecule has 7 nitrogen and oxygen atoms in total. The lowest BCUT2D eigenvalue weighted by molar-refractivity contribution is 0.186. The van der Waals surface area contributed by atoms with E-state index >= 15 is 0 Å².